The maximum absolute atomic E-state index is 12.1. The molecule has 5 rings (SSSR count). The van der Waals surface area contributed by atoms with Crippen LogP contribution < -0.4 is 10.6 Å². The summed E-state index contributed by atoms with van der Waals surface area (Å²) in [7, 11) is 1.44. The minimum Gasteiger partial charge on any atom is -0.387 e. The van der Waals surface area contributed by atoms with Crippen LogP contribution in [0.3, 0.4) is 0 Å². The number of fused-ring (bicyclic) bond motifs is 1. The van der Waals surface area contributed by atoms with Crippen molar-refractivity contribution < 1.29 is 19.7 Å². The number of carbonyl (C=O) groups excluding carboxylic acids is 1. The molecule has 0 radical (unpaired) electrons. The van der Waals surface area contributed by atoms with Crippen molar-refractivity contribution in [3.8, 4) is 11.4 Å². The lowest BCUT2D eigenvalue weighted by Crippen LogP contribution is -2.41. The normalized spacial score (nSPS) is 22.1. The van der Waals surface area contributed by atoms with Crippen molar-refractivity contribution in [3.05, 3.63) is 72.6 Å². The zero-order chi connectivity index (χ0) is 23.7. The number of nitrogens with one attached hydrogen (secondary N) is 2. The third-order valence-corrected chi connectivity index (χ3v) is 5.77. The highest BCUT2D eigenvalue weighted by atomic mass is 16.6. The molecule has 1 saturated heterocycles. The van der Waals surface area contributed by atoms with Gasteiger partial charge in [-0.2, -0.15) is 0 Å². The molecular formula is C24H24N6O4. The number of nitrogens with zero attached hydrogens (tertiary/aromatic N) is 4. The van der Waals surface area contributed by atoms with E-state index in [2.05, 4.69) is 15.6 Å². The number of rotatable bonds is 6. The summed E-state index contributed by atoms with van der Waals surface area (Å²) in [6, 6.07) is 19.4. The first kappa shape index (κ1) is 22.0. The molecule has 0 saturated carbocycles. The van der Waals surface area contributed by atoms with Crippen molar-refractivity contribution in [1.82, 2.24) is 24.8 Å². The highest BCUT2D eigenvalue weighted by Gasteiger charge is 2.47. The van der Waals surface area contributed by atoms with Gasteiger partial charge in [0.15, 0.2) is 35.1 Å². The zero-order valence-corrected chi connectivity index (χ0v) is 18.4. The zero-order valence-electron chi connectivity index (χ0n) is 18.4. The minimum absolute atomic E-state index is 0.401. The van der Waals surface area contributed by atoms with E-state index in [0.29, 0.717) is 29.4 Å². The number of amides is 1. The lowest BCUT2D eigenvalue weighted by atomic mass is 10.1. The number of aromatic nitrogens is 4. The Morgan fingerprint density at radius 3 is 2.44 bits per heavy atom. The molecule has 4 N–H and O–H groups in total. The second-order valence-electron chi connectivity index (χ2n) is 7.97. The number of imidazole rings is 1. The molecule has 1 aliphatic rings. The van der Waals surface area contributed by atoms with E-state index in [-0.39, 0.29) is 0 Å². The second-order valence-corrected chi connectivity index (χ2v) is 7.97. The predicted octanol–water partition coefficient (Wildman–Crippen LogP) is 1.47. The third-order valence-electron chi connectivity index (χ3n) is 5.77. The van der Waals surface area contributed by atoms with E-state index in [9.17, 15) is 15.0 Å². The minimum atomic E-state index is -1.39. The first-order chi connectivity index (χ1) is 16.6. The lowest BCUT2D eigenvalue weighted by molar-refractivity contribution is -0.137. The Morgan fingerprint density at radius 1 is 1.03 bits per heavy atom. The highest BCUT2D eigenvalue weighted by molar-refractivity contribution is 5.85. The van der Waals surface area contributed by atoms with Crippen LogP contribution in [0, 0.1) is 0 Å². The molecule has 0 spiro atoms. The standard InChI is InChI=1S/C24H24N6O4/c1-25-23(33)19-17(31)18(32)24(34-19)30-13-27-16-21(26-12-14-8-4-2-5-9-14)28-20(29-22(16)30)15-10-6-3-7-11-15/h2-11,13,17-19,24,31-32H,12H2,1H3,(H,25,33)(H,26,28,29). The van der Waals surface area contributed by atoms with Crippen molar-refractivity contribution in [2.24, 2.45) is 0 Å². The van der Waals surface area contributed by atoms with Crippen molar-refractivity contribution in [1.29, 1.82) is 0 Å². The average molecular weight is 460 g/mol. The number of aliphatic hydroxyl groups excluding tert-OH is 2. The number of anilines is 1. The van der Waals surface area contributed by atoms with Gasteiger partial charge < -0.3 is 25.6 Å². The molecule has 0 aliphatic carbocycles. The van der Waals surface area contributed by atoms with Crippen LogP contribution >= 0.6 is 0 Å². The van der Waals surface area contributed by atoms with Crippen molar-refractivity contribution in [2.75, 3.05) is 12.4 Å². The molecule has 174 valence electrons. The molecule has 10 nitrogen and oxygen atoms in total. The fourth-order valence-electron chi connectivity index (χ4n) is 3.97. The summed E-state index contributed by atoms with van der Waals surface area (Å²) in [5.41, 5.74) is 2.75. The van der Waals surface area contributed by atoms with Crippen LogP contribution in [0.4, 0.5) is 5.82 Å². The van der Waals surface area contributed by atoms with E-state index < -0.39 is 30.4 Å². The van der Waals surface area contributed by atoms with Crippen LogP contribution in [-0.2, 0) is 16.1 Å². The summed E-state index contributed by atoms with van der Waals surface area (Å²) < 4.78 is 7.26. The SMILES string of the molecule is CNC(=O)C1OC(n2cnc3c(NCc4ccccc4)nc(-c4ccccc4)nc32)C(O)C1O. The van der Waals surface area contributed by atoms with E-state index >= 15 is 0 Å². The Balaban J connectivity index is 1.57. The van der Waals surface area contributed by atoms with Gasteiger partial charge >= 0.3 is 0 Å². The monoisotopic (exact) mass is 460 g/mol. The van der Waals surface area contributed by atoms with Gasteiger partial charge in [-0.3, -0.25) is 9.36 Å². The van der Waals surface area contributed by atoms with Gasteiger partial charge in [-0.15, -0.1) is 0 Å². The fraction of sp³-hybridized carbons (Fsp3) is 0.250. The number of hydrogen-bond donors (Lipinski definition) is 4. The maximum atomic E-state index is 12.1. The molecule has 10 heteroatoms. The Morgan fingerprint density at radius 2 is 1.74 bits per heavy atom. The Bertz CT molecular complexity index is 1300. The van der Waals surface area contributed by atoms with Crippen LogP contribution in [0.15, 0.2) is 67.0 Å². The molecule has 2 aromatic carbocycles. The van der Waals surface area contributed by atoms with E-state index in [0.717, 1.165) is 11.1 Å². The molecule has 4 aromatic rings. The smallest absolute Gasteiger partial charge is 0.251 e. The van der Waals surface area contributed by atoms with Gasteiger partial charge in [0.25, 0.3) is 5.91 Å². The predicted molar refractivity (Wildman–Crippen MR) is 125 cm³/mol. The molecule has 1 aliphatic heterocycles. The number of likely N-dealkylation sites (N-methyl/N-ethyl adjacent to an activating group) is 1. The number of ether oxygens (including phenoxy) is 1. The number of hydrogen-bond acceptors (Lipinski definition) is 8. The molecule has 0 bridgehead atoms. The van der Waals surface area contributed by atoms with Gasteiger partial charge in [-0.05, 0) is 5.56 Å². The van der Waals surface area contributed by atoms with Gasteiger partial charge in [0.05, 0.1) is 6.33 Å². The van der Waals surface area contributed by atoms with E-state index in [4.69, 9.17) is 14.7 Å². The van der Waals surface area contributed by atoms with Crippen LogP contribution in [0.2, 0.25) is 0 Å². The summed E-state index contributed by atoms with van der Waals surface area (Å²) >= 11 is 0. The molecule has 2 aromatic heterocycles. The van der Waals surface area contributed by atoms with E-state index in [1.807, 2.05) is 60.7 Å². The van der Waals surface area contributed by atoms with Gasteiger partial charge in [0.2, 0.25) is 0 Å². The van der Waals surface area contributed by atoms with E-state index in [1.165, 1.54) is 17.9 Å². The third kappa shape index (κ3) is 3.98. The molecule has 1 fully saturated rings. The highest BCUT2D eigenvalue weighted by Crippen LogP contribution is 2.33. The number of carbonyl (C=O) groups is 1. The largest absolute Gasteiger partial charge is 0.387 e. The topological polar surface area (TPSA) is 134 Å². The van der Waals surface area contributed by atoms with Crippen LogP contribution in [0.1, 0.15) is 11.8 Å². The molecule has 1 amide bonds. The fourth-order valence-corrected chi connectivity index (χ4v) is 3.97. The van der Waals surface area contributed by atoms with Crippen molar-refractivity contribution in [2.45, 2.75) is 31.1 Å². The molecule has 34 heavy (non-hydrogen) atoms. The summed E-state index contributed by atoms with van der Waals surface area (Å²) in [4.78, 5) is 25.9. The summed E-state index contributed by atoms with van der Waals surface area (Å²) in [6.45, 7) is 0.522. The Labute approximate surface area is 195 Å². The molecular weight excluding hydrogens is 436 g/mol. The molecule has 3 heterocycles. The summed E-state index contributed by atoms with van der Waals surface area (Å²) in [6.07, 6.45) is -3.55. The summed E-state index contributed by atoms with van der Waals surface area (Å²) in [5.74, 6) is 0.451. The lowest BCUT2D eigenvalue weighted by Gasteiger charge is -2.17. The van der Waals surface area contributed by atoms with Crippen molar-refractivity contribution >= 4 is 22.9 Å². The van der Waals surface area contributed by atoms with Crippen molar-refractivity contribution in [3.63, 3.8) is 0 Å². The van der Waals surface area contributed by atoms with Gasteiger partial charge in [0, 0.05) is 19.2 Å². The Hall–Kier alpha value is -3.86. The average Bonchev–Trinajstić information content (AvgIpc) is 3.44. The van der Waals surface area contributed by atoms with Gasteiger partial charge in [0.1, 0.15) is 12.2 Å². The maximum Gasteiger partial charge on any atom is 0.251 e. The number of aliphatic hydroxyl groups is 2. The van der Waals surface area contributed by atoms with Crippen LogP contribution in [0.5, 0.6) is 0 Å². The second kappa shape index (κ2) is 9.18. The first-order valence-electron chi connectivity index (χ1n) is 10.9. The Kier molecular flexibility index (Phi) is 5.93. The first-order valence-corrected chi connectivity index (χ1v) is 10.9. The molecule has 4 unspecified atom stereocenters. The van der Waals surface area contributed by atoms with E-state index in [1.54, 1.807) is 0 Å². The van der Waals surface area contributed by atoms with Crippen LogP contribution in [0.25, 0.3) is 22.6 Å². The van der Waals surface area contributed by atoms with Gasteiger partial charge in [-0.1, -0.05) is 60.7 Å². The summed E-state index contributed by atoms with van der Waals surface area (Å²) in [5, 5.41) is 26.8. The van der Waals surface area contributed by atoms with Crippen LogP contribution in [-0.4, -0.2) is 61.0 Å². The quantitative estimate of drug-likeness (QED) is 0.340. The number of benzene rings is 2. The molecule has 4 atom stereocenters. The van der Waals surface area contributed by atoms with Gasteiger partial charge in [-0.25, -0.2) is 15.0 Å².